The van der Waals surface area contributed by atoms with Crippen molar-refractivity contribution in [1.29, 1.82) is 0 Å². The highest BCUT2D eigenvalue weighted by molar-refractivity contribution is 5.81. The van der Waals surface area contributed by atoms with Crippen molar-refractivity contribution in [3.05, 3.63) is 29.8 Å². The van der Waals surface area contributed by atoms with Crippen molar-refractivity contribution in [2.75, 3.05) is 11.9 Å². The molecular formula is C19H25F3N2O. The van der Waals surface area contributed by atoms with Gasteiger partial charge in [0, 0.05) is 11.7 Å². The largest absolute Gasteiger partial charge is 0.416 e. The van der Waals surface area contributed by atoms with Crippen LogP contribution in [0.1, 0.15) is 39.2 Å². The van der Waals surface area contributed by atoms with Gasteiger partial charge in [0.2, 0.25) is 5.91 Å². The Hall–Kier alpha value is -1.72. The highest BCUT2D eigenvalue weighted by Crippen LogP contribution is 2.61. The normalized spacial score (nSPS) is 30.3. The number of carbonyl (C=O) groups is 1. The zero-order valence-electron chi connectivity index (χ0n) is 14.8. The van der Waals surface area contributed by atoms with E-state index in [9.17, 15) is 18.0 Å². The molecule has 25 heavy (non-hydrogen) atoms. The molecule has 138 valence electrons. The zero-order chi connectivity index (χ0) is 18.4. The number of halogens is 3. The van der Waals surface area contributed by atoms with Gasteiger partial charge in [0.1, 0.15) is 0 Å². The lowest BCUT2D eigenvalue weighted by Gasteiger charge is -2.62. The Labute approximate surface area is 146 Å². The third-order valence-electron chi connectivity index (χ3n) is 6.37. The fourth-order valence-corrected chi connectivity index (χ4v) is 4.56. The molecule has 0 saturated heterocycles. The molecule has 2 bridgehead atoms. The Morgan fingerprint density at radius 1 is 1.20 bits per heavy atom. The summed E-state index contributed by atoms with van der Waals surface area (Å²) in [5, 5.41) is 5.98. The van der Waals surface area contributed by atoms with E-state index in [0.717, 1.165) is 18.6 Å². The van der Waals surface area contributed by atoms with Gasteiger partial charge < -0.3 is 10.6 Å². The van der Waals surface area contributed by atoms with Gasteiger partial charge in [-0.2, -0.15) is 13.2 Å². The van der Waals surface area contributed by atoms with Gasteiger partial charge in [0.15, 0.2) is 0 Å². The van der Waals surface area contributed by atoms with Crippen LogP contribution in [0.25, 0.3) is 0 Å². The van der Waals surface area contributed by atoms with Crippen molar-refractivity contribution in [3.8, 4) is 0 Å². The third kappa shape index (κ3) is 3.48. The Morgan fingerprint density at radius 2 is 1.84 bits per heavy atom. The zero-order valence-corrected chi connectivity index (χ0v) is 14.8. The molecule has 0 spiro atoms. The molecule has 3 saturated carbocycles. The number of amides is 1. The molecule has 0 radical (unpaired) electrons. The lowest BCUT2D eigenvalue weighted by Crippen LogP contribution is -2.61. The number of benzene rings is 1. The summed E-state index contributed by atoms with van der Waals surface area (Å²) in [6.07, 6.45) is -2.08. The number of fused-ring (bicyclic) bond motifs is 2. The number of hydrogen-bond donors (Lipinski definition) is 2. The number of nitrogens with one attached hydrogen (secondary N) is 2. The molecule has 2 N–H and O–H groups in total. The van der Waals surface area contributed by atoms with Gasteiger partial charge >= 0.3 is 6.18 Å². The molecule has 1 aromatic rings. The molecule has 3 fully saturated rings. The summed E-state index contributed by atoms with van der Waals surface area (Å²) in [6.45, 7) is 6.89. The second-order valence-corrected chi connectivity index (χ2v) is 8.06. The second kappa shape index (κ2) is 6.22. The van der Waals surface area contributed by atoms with Crippen LogP contribution in [0.4, 0.5) is 18.9 Å². The maximum atomic E-state index is 12.5. The van der Waals surface area contributed by atoms with Gasteiger partial charge in [-0.15, -0.1) is 0 Å². The predicted molar refractivity (Wildman–Crippen MR) is 91.0 cm³/mol. The number of alkyl halides is 3. The monoisotopic (exact) mass is 354 g/mol. The van der Waals surface area contributed by atoms with E-state index >= 15 is 0 Å². The molecule has 0 heterocycles. The fraction of sp³-hybridized carbons (Fsp3) is 0.632. The average molecular weight is 354 g/mol. The molecule has 0 unspecified atom stereocenters. The molecule has 3 nitrogen and oxygen atoms in total. The summed E-state index contributed by atoms with van der Waals surface area (Å²) < 4.78 is 37.6. The van der Waals surface area contributed by atoms with E-state index in [2.05, 4.69) is 31.4 Å². The molecule has 1 aromatic carbocycles. The number of rotatable bonds is 4. The first-order chi connectivity index (χ1) is 11.6. The Morgan fingerprint density at radius 3 is 2.36 bits per heavy atom. The van der Waals surface area contributed by atoms with Crippen LogP contribution < -0.4 is 10.6 Å². The maximum Gasteiger partial charge on any atom is 0.416 e. The predicted octanol–water partition coefficient (Wildman–Crippen LogP) is 4.30. The van der Waals surface area contributed by atoms with Gasteiger partial charge in [0.25, 0.3) is 0 Å². The number of hydrogen-bond acceptors (Lipinski definition) is 2. The van der Waals surface area contributed by atoms with Crippen LogP contribution in [-0.4, -0.2) is 18.5 Å². The minimum atomic E-state index is -4.35. The molecule has 4 atom stereocenters. The van der Waals surface area contributed by atoms with Gasteiger partial charge in [-0.3, -0.25) is 4.79 Å². The molecule has 0 aromatic heterocycles. The van der Waals surface area contributed by atoms with Crippen LogP contribution in [0.2, 0.25) is 0 Å². The fourth-order valence-electron chi connectivity index (χ4n) is 4.56. The highest BCUT2D eigenvalue weighted by Gasteiger charge is 2.56. The maximum absolute atomic E-state index is 12.5. The molecule has 6 heteroatoms. The van der Waals surface area contributed by atoms with Crippen LogP contribution in [0.15, 0.2) is 24.3 Å². The minimum Gasteiger partial charge on any atom is -0.376 e. The summed E-state index contributed by atoms with van der Waals surface area (Å²) in [7, 11) is 0. The summed E-state index contributed by atoms with van der Waals surface area (Å²) in [6, 6.07) is 4.91. The van der Waals surface area contributed by atoms with Crippen LogP contribution in [-0.2, 0) is 11.0 Å². The summed E-state index contributed by atoms with van der Waals surface area (Å²) >= 11 is 0. The lowest BCUT2D eigenvalue weighted by molar-refractivity contribution is -0.137. The molecule has 3 aliphatic carbocycles. The Bertz CT molecular complexity index is 639. The molecule has 0 aliphatic heterocycles. The van der Waals surface area contributed by atoms with Crippen LogP contribution in [0, 0.1) is 23.2 Å². The van der Waals surface area contributed by atoms with E-state index in [-0.39, 0.29) is 18.5 Å². The van der Waals surface area contributed by atoms with Crippen molar-refractivity contribution in [2.45, 2.75) is 45.8 Å². The molecule has 1 amide bonds. The van der Waals surface area contributed by atoms with Gasteiger partial charge in [-0.25, -0.2) is 0 Å². The molecule has 3 aliphatic rings. The SMILES string of the molecule is C[C@@H]1[C@H]2C[C@@H](C[C@H]1NC(=O)CNc1ccc(C(F)(F)F)cc1)C2(C)C. The average Bonchev–Trinajstić information content (AvgIpc) is 2.54. The Kier molecular flexibility index (Phi) is 4.50. The summed E-state index contributed by atoms with van der Waals surface area (Å²) in [5.74, 6) is 1.66. The summed E-state index contributed by atoms with van der Waals surface area (Å²) in [5.41, 5.74) is 0.184. The molecular weight excluding hydrogens is 329 g/mol. The van der Waals surface area contributed by atoms with Crippen molar-refractivity contribution in [1.82, 2.24) is 5.32 Å². The van der Waals surface area contributed by atoms with Crippen LogP contribution in [0.3, 0.4) is 0 Å². The Balaban J connectivity index is 1.49. The standard InChI is InChI=1S/C19H25F3N2O/c1-11-15-8-13(18(15,2)3)9-16(11)24-17(25)10-23-14-6-4-12(5-7-14)19(20,21)22/h4-7,11,13,15-16,23H,8-10H2,1-3H3,(H,24,25)/t11-,13+,15-,16-/m1/s1. The quantitative estimate of drug-likeness (QED) is 0.846. The first-order valence-electron chi connectivity index (χ1n) is 8.79. The van der Waals surface area contributed by atoms with E-state index in [4.69, 9.17) is 0 Å². The highest BCUT2D eigenvalue weighted by atomic mass is 19.4. The molecule has 4 rings (SSSR count). The van der Waals surface area contributed by atoms with Crippen molar-refractivity contribution in [2.24, 2.45) is 23.2 Å². The van der Waals surface area contributed by atoms with Crippen molar-refractivity contribution < 1.29 is 18.0 Å². The van der Waals surface area contributed by atoms with E-state index in [1.54, 1.807) is 0 Å². The first-order valence-corrected chi connectivity index (χ1v) is 8.79. The van der Waals surface area contributed by atoms with Crippen LogP contribution in [0.5, 0.6) is 0 Å². The van der Waals surface area contributed by atoms with E-state index in [0.29, 0.717) is 28.9 Å². The van der Waals surface area contributed by atoms with E-state index in [1.807, 2.05) is 0 Å². The topological polar surface area (TPSA) is 41.1 Å². The minimum absolute atomic E-state index is 0.0628. The van der Waals surface area contributed by atoms with E-state index in [1.165, 1.54) is 18.6 Å². The van der Waals surface area contributed by atoms with E-state index < -0.39 is 11.7 Å². The number of anilines is 1. The van der Waals surface area contributed by atoms with Crippen molar-refractivity contribution in [3.63, 3.8) is 0 Å². The van der Waals surface area contributed by atoms with Crippen LogP contribution >= 0.6 is 0 Å². The van der Waals surface area contributed by atoms with Gasteiger partial charge in [-0.1, -0.05) is 20.8 Å². The first kappa shape index (κ1) is 18.1. The smallest absolute Gasteiger partial charge is 0.376 e. The third-order valence-corrected chi connectivity index (χ3v) is 6.37. The van der Waals surface area contributed by atoms with Gasteiger partial charge in [-0.05, 0) is 60.3 Å². The van der Waals surface area contributed by atoms with Crippen molar-refractivity contribution >= 4 is 11.6 Å². The lowest BCUT2D eigenvalue weighted by atomic mass is 9.45. The second-order valence-electron chi connectivity index (χ2n) is 8.06. The number of carbonyl (C=O) groups excluding carboxylic acids is 1. The summed E-state index contributed by atoms with van der Waals surface area (Å²) in [4.78, 5) is 12.2. The van der Waals surface area contributed by atoms with Gasteiger partial charge in [0.05, 0.1) is 12.1 Å².